The third-order valence-electron chi connectivity index (χ3n) is 4.25. The van der Waals surface area contributed by atoms with E-state index < -0.39 is 18.1 Å². The number of thioether (sulfide) groups is 1. The van der Waals surface area contributed by atoms with E-state index in [9.17, 15) is 14.4 Å². The molecule has 0 aromatic heterocycles. The predicted molar refractivity (Wildman–Crippen MR) is 112 cm³/mol. The Balaban J connectivity index is 3.39. The normalized spacial score (nSPS) is 11.8. The molecule has 164 valence electrons. The second-order valence-corrected chi connectivity index (χ2v) is 7.91. The van der Waals surface area contributed by atoms with Crippen molar-refractivity contribution in [1.82, 2.24) is 5.32 Å². The Bertz CT molecular complexity index is 408. The van der Waals surface area contributed by atoms with Crippen LogP contribution in [0.4, 0.5) is 4.79 Å². The lowest BCUT2D eigenvalue weighted by Crippen LogP contribution is -2.42. The maximum Gasteiger partial charge on any atom is 0.415 e. The number of rotatable bonds is 20. The number of unbranched alkanes of at least 4 members (excludes halogenated alkanes) is 9. The molecule has 0 aliphatic heterocycles. The lowest BCUT2D eigenvalue weighted by atomic mass is 10.1. The number of carbonyl (C=O) groups excluding carboxylic acids is 2. The van der Waals surface area contributed by atoms with Crippen molar-refractivity contribution >= 4 is 30.3 Å². The summed E-state index contributed by atoms with van der Waals surface area (Å²) in [5, 5.41) is 11.1. The molecule has 0 spiro atoms. The average Bonchev–Trinajstić information content (AvgIpc) is 2.66. The topological polar surface area (TPSA) is 102 Å². The molecule has 0 saturated heterocycles. The molecule has 0 aliphatic carbocycles. The highest BCUT2D eigenvalue weighted by atomic mass is 32.2. The van der Waals surface area contributed by atoms with E-state index in [1.165, 1.54) is 69.5 Å². The van der Waals surface area contributed by atoms with Gasteiger partial charge >= 0.3 is 18.5 Å². The first-order chi connectivity index (χ1) is 13.6. The van der Waals surface area contributed by atoms with Gasteiger partial charge in [0.1, 0.15) is 6.04 Å². The van der Waals surface area contributed by atoms with Crippen LogP contribution in [-0.2, 0) is 19.1 Å². The second kappa shape index (κ2) is 20.5. The highest BCUT2D eigenvalue weighted by molar-refractivity contribution is 7.99. The van der Waals surface area contributed by atoms with Gasteiger partial charge in [-0.15, -0.1) is 0 Å². The van der Waals surface area contributed by atoms with Crippen LogP contribution in [0.2, 0.25) is 0 Å². The molecule has 0 aliphatic rings. The van der Waals surface area contributed by atoms with Crippen molar-refractivity contribution < 1.29 is 29.0 Å². The molecule has 0 bridgehead atoms. The van der Waals surface area contributed by atoms with Gasteiger partial charge in [-0.05, 0) is 18.6 Å². The number of aliphatic carboxylic acids is 1. The number of hydrogen-bond acceptors (Lipinski definition) is 6. The predicted octanol–water partition coefficient (Wildman–Crippen LogP) is 4.38. The van der Waals surface area contributed by atoms with E-state index in [0.29, 0.717) is 6.61 Å². The number of alkyl carbamates (subject to hydrolysis) is 1. The molecule has 0 fully saturated rings. The third kappa shape index (κ3) is 18.1. The first-order valence-electron chi connectivity index (χ1n) is 10.4. The fourth-order valence-electron chi connectivity index (χ4n) is 2.65. The maximum atomic E-state index is 11.1. The van der Waals surface area contributed by atoms with Gasteiger partial charge in [-0.2, -0.15) is 11.8 Å². The molecule has 0 rings (SSSR count). The van der Waals surface area contributed by atoms with Crippen LogP contribution in [0.3, 0.4) is 0 Å². The van der Waals surface area contributed by atoms with Gasteiger partial charge < -0.3 is 19.9 Å². The van der Waals surface area contributed by atoms with Crippen LogP contribution in [0.25, 0.3) is 0 Å². The van der Waals surface area contributed by atoms with Crippen molar-refractivity contribution in [2.24, 2.45) is 0 Å². The lowest BCUT2D eigenvalue weighted by Gasteiger charge is -2.12. The number of carboxylic acids is 1. The SMILES string of the molecule is CCCCCCCCCCCCOCCCSCC(NC(=O)OC=O)C(=O)O. The largest absolute Gasteiger partial charge is 0.480 e. The zero-order chi connectivity index (χ0) is 20.9. The quantitative estimate of drug-likeness (QED) is 0.171. The Kier molecular flexibility index (Phi) is 19.5. The number of hydrogen-bond donors (Lipinski definition) is 2. The van der Waals surface area contributed by atoms with E-state index in [2.05, 4.69) is 17.0 Å². The van der Waals surface area contributed by atoms with Gasteiger partial charge in [0.25, 0.3) is 0 Å². The summed E-state index contributed by atoms with van der Waals surface area (Å²) < 4.78 is 9.63. The molecule has 8 heteroatoms. The number of ether oxygens (including phenoxy) is 2. The summed E-state index contributed by atoms with van der Waals surface area (Å²) in [6.45, 7) is 3.64. The zero-order valence-corrected chi connectivity index (χ0v) is 18.0. The molecular formula is C20H37NO6S. The molecule has 0 radical (unpaired) electrons. The molecule has 0 aromatic carbocycles. The van der Waals surface area contributed by atoms with E-state index >= 15 is 0 Å². The molecule has 2 N–H and O–H groups in total. The van der Waals surface area contributed by atoms with Gasteiger partial charge in [-0.3, -0.25) is 4.79 Å². The van der Waals surface area contributed by atoms with E-state index in [-0.39, 0.29) is 12.2 Å². The van der Waals surface area contributed by atoms with Crippen molar-refractivity contribution in [3.05, 3.63) is 0 Å². The summed E-state index contributed by atoms with van der Waals surface area (Å²) in [4.78, 5) is 32.1. The lowest BCUT2D eigenvalue weighted by molar-refractivity contribution is -0.139. The summed E-state index contributed by atoms with van der Waals surface area (Å²) in [5.41, 5.74) is 0. The van der Waals surface area contributed by atoms with Gasteiger partial charge in [-0.1, -0.05) is 64.7 Å². The smallest absolute Gasteiger partial charge is 0.415 e. The van der Waals surface area contributed by atoms with Gasteiger partial charge in [-0.25, -0.2) is 9.59 Å². The molecule has 0 saturated carbocycles. The fourth-order valence-corrected chi connectivity index (χ4v) is 3.60. The Morgan fingerprint density at radius 2 is 1.54 bits per heavy atom. The molecule has 28 heavy (non-hydrogen) atoms. The number of carbonyl (C=O) groups is 3. The van der Waals surface area contributed by atoms with Crippen LogP contribution in [0.5, 0.6) is 0 Å². The Morgan fingerprint density at radius 3 is 2.11 bits per heavy atom. The van der Waals surface area contributed by atoms with Gasteiger partial charge in [0.15, 0.2) is 0 Å². The van der Waals surface area contributed by atoms with Crippen LogP contribution in [0.1, 0.15) is 77.6 Å². The van der Waals surface area contributed by atoms with Crippen molar-refractivity contribution in [3.8, 4) is 0 Å². The Labute approximate surface area is 173 Å². The van der Waals surface area contributed by atoms with Crippen molar-refractivity contribution in [3.63, 3.8) is 0 Å². The van der Waals surface area contributed by atoms with Crippen LogP contribution in [0.15, 0.2) is 0 Å². The molecule has 7 nitrogen and oxygen atoms in total. The molecule has 1 unspecified atom stereocenters. The standard InChI is InChI=1S/C20H37NO6S/c1-2-3-4-5-6-7-8-9-10-11-13-26-14-12-15-28-16-18(19(23)24)21-20(25)27-17-22/h17-18H,2-16H2,1H3,(H,21,25)(H,23,24). The van der Waals surface area contributed by atoms with Crippen LogP contribution in [0, 0.1) is 0 Å². The van der Waals surface area contributed by atoms with Gasteiger partial charge in [0.2, 0.25) is 0 Å². The van der Waals surface area contributed by atoms with Crippen molar-refractivity contribution in [1.29, 1.82) is 0 Å². The van der Waals surface area contributed by atoms with Crippen LogP contribution >= 0.6 is 11.8 Å². The fraction of sp³-hybridized carbons (Fsp3) is 0.850. The Morgan fingerprint density at radius 1 is 0.964 bits per heavy atom. The summed E-state index contributed by atoms with van der Waals surface area (Å²) >= 11 is 1.41. The minimum atomic E-state index is -1.16. The Hall–Kier alpha value is -1.28. The van der Waals surface area contributed by atoms with E-state index in [1.54, 1.807) is 0 Å². The van der Waals surface area contributed by atoms with Crippen molar-refractivity contribution in [2.75, 3.05) is 24.7 Å². The first kappa shape index (κ1) is 26.7. The second-order valence-electron chi connectivity index (χ2n) is 6.76. The first-order valence-corrected chi connectivity index (χ1v) is 11.6. The number of amides is 1. The molecule has 0 aromatic rings. The summed E-state index contributed by atoms with van der Waals surface area (Å²) in [6.07, 6.45) is 12.8. The van der Waals surface area contributed by atoms with E-state index in [0.717, 1.165) is 25.2 Å². The molecule has 1 atom stereocenters. The van der Waals surface area contributed by atoms with Crippen molar-refractivity contribution in [2.45, 2.75) is 83.6 Å². The zero-order valence-electron chi connectivity index (χ0n) is 17.2. The minimum Gasteiger partial charge on any atom is -0.480 e. The third-order valence-corrected chi connectivity index (χ3v) is 5.40. The number of carboxylic acid groups (broad SMARTS) is 1. The average molecular weight is 420 g/mol. The highest BCUT2D eigenvalue weighted by Gasteiger charge is 2.20. The molecule has 1 amide bonds. The molecule has 0 heterocycles. The number of nitrogens with one attached hydrogen (secondary N) is 1. The van der Waals surface area contributed by atoms with Crippen LogP contribution in [-0.4, -0.2) is 54.4 Å². The highest BCUT2D eigenvalue weighted by Crippen LogP contribution is 2.11. The summed E-state index contributed by atoms with van der Waals surface area (Å²) in [7, 11) is 0. The summed E-state index contributed by atoms with van der Waals surface area (Å²) in [6, 6.07) is -1.08. The van der Waals surface area contributed by atoms with E-state index in [1.807, 2.05) is 0 Å². The molecular weight excluding hydrogens is 382 g/mol. The summed E-state index contributed by atoms with van der Waals surface area (Å²) in [5.74, 6) is -0.207. The van der Waals surface area contributed by atoms with Crippen LogP contribution < -0.4 is 5.32 Å². The van der Waals surface area contributed by atoms with Gasteiger partial charge in [0, 0.05) is 19.0 Å². The minimum absolute atomic E-state index is 0.0343. The monoisotopic (exact) mass is 419 g/mol. The van der Waals surface area contributed by atoms with Gasteiger partial charge in [0.05, 0.1) is 0 Å². The maximum absolute atomic E-state index is 11.1. The van der Waals surface area contributed by atoms with E-state index in [4.69, 9.17) is 9.84 Å².